The quantitative estimate of drug-likeness (QED) is 0.742. The molecule has 1 atom stereocenters. The minimum absolute atomic E-state index is 0.0540. The fourth-order valence-electron chi connectivity index (χ4n) is 1.94. The first kappa shape index (κ1) is 17.4. The number of methoxy groups -OCH3 is 1. The normalized spacial score (nSPS) is 13.5. The van der Waals surface area contributed by atoms with E-state index >= 15 is 0 Å². The number of amides is 1. The summed E-state index contributed by atoms with van der Waals surface area (Å²) < 4.78 is 6.84. The zero-order valence-electron chi connectivity index (χ0n) is 11.8. The Morgan fingerprint density at radius 2 is 2.14 bits per heavy atom. The van der Waals surface area contributed by atoms with E-state index in [-0.39, 0.29) is 25.1 Å². The molecule has 0 fully saturated rings. The molecule has 0 aliphatic rings. The number of hydrogen-bond acceptors (Lipinski definition) is 4. The van der Waals surface area contributed by atoms with Crippen molar-refractivity contribution in [2.75, 3.05) is 13.7 Å². The average molecular weight is 361 g/mol. The molecule has 0 radical (unpaired) electrons. The highest BCUT2D eigenvalue weighted by molar-refractivity contribution is 9.10. The zero-order valence-corrected chi connectivity index (χ0v) is 13.3. The molecular weight excluding hydrogens is 344 g/mol. The van der Waals surface area contributed by atoms with Gasteiger partial charge in [-0.2, -0.15) is 0 Å². The third-order valence-electron chi connectivity index (χ3n) is 2.71. The molecule has 8 heteroatoms. The van der Waals surface area contributed by atoms with Crippen molar-refractivity contribution < 1.29 is 19.4 Å². The van der Waals surface area contributed by atoms with Crippen molar-refractivity contribution in [1.82, 2.24) is 9.88 Å². The van der Waals surface area contributed by atoms with E-state index in [0.717, 1.165) is 0 Å². The minimum atomic E-state index is -1.05. The second-order valence-electron chi connectivity index (χ2n) is 4.93. The smallest absolute Gasteiger partial charge is 0.305 e. The number of carboxylic acids is 1. The number of carboxylic acid groups (broad SMARTS) is 1. The Morgan fingerprint density at radius 3 is 2.71 bits per heavy atom. The molecule has 1 unspecified atom stereocenters. The number of aromatic nitrogens is 1. The van der Waals surface area contributed by atoms with E-state index in [1.54, 1.807) is 13.0 Å². The van der Waals surface area contributed by atoms with Gasteiger partial charge in [0.25, 0.3) is 5.56 Å². The molecule has 1 aromatic rings. The maximum atomic E-state index is 12.0. The number of nitrogens with zero attached hydrogens (tertiary/aromatic N) is 1. The van der Waals surface area contributed by atoms with Crippen LogP contribution in [0.2, 0.25) is 0 Å². The molecule has 116 valence electrons. The number of nitrogens with one attached hydrogen (secondary N) is 1. The predicted molar refractivity (Wildman–Crippen MR) is 79.1 cm³/mol. The molecule has 0 saturated heterocycles. The minimum Gasteiger partial charge on any atom is -0.481 e. The monoisotopic (exact) mass is 360 g/mol. The maximum absolute atomic E-state index is 12.0. The summed E-state index contributed by atoms with van der Waals surface area (Å²) in [5, 5.41) is 11.5. The van der Waals surface area contributed by atoms with Gasteiger partial charge >= 0.3 is 5.97 Å². The Kier molecular flexibility index (Phi) is 6.10. The van der Waals surface area contributed by atoms with E-state index in [9.17, 15) is 14.4 Å². The van der Waals surface area contributed by atoms with E-state index in [0.29, 0.717) is 4.47 Å². The van der Waals surface area contributed by atoms with Crippen molar-refractivity contribution in [3.8, 4) is 0 Å². The molecule has 7 nitrogen and oxygen atoms in total. The lowest BCUT2D eigenvalue weighted by Gasteiger charge is -2.28. The number of halogens is 1. The highest BCUT2D eigenvalue weighted by atomic mass is 79.9. The van der Waals surface area contributed by atoms with E-state index < -0.39 is 17.4 Å². The van der Waals surface area contributed by atoms with Crippen LogP contribution in [0.5, 0.6) is 0 Å². The van der Waals surface area contributed by atoms with E-state index in [1.165, 1.54) is 23.9 Å². The summed E-state index contributed by atoms with van der Waals surface area (Å²) in [4.78, 5) is 34.5. The molecular formula is C13H17BrN2O5. The fourth-order valence-corrected chi connectivity index (χ4v) is 2.32. The van der Waals surface area contributed by atoms with Crippen molar-refractivity contribution in [3.63, 3.8) is 0 Å². The van der Waals surface area contributed by atoms with Gasteiger partial charge in [-0.15, -0.1) is 0 Å². The topological polar surface area (TPSA) is 97.6 Å². The van der Waals surface area contributed by atoms with Gasteiger partial charge in [0.1, 0.15) is 6.54 Å². The van der Waals surface area contributed by atoms with Gasteiger partial charge in [-0.25, -0.2) is 0 Å². The molecule has 0 spiro atoms. The number of ether oxygens (including phenoxy) is 1. The third-order valence-corrected chi connectivity index (χ3v) is 3.18. The second kappa shape index (κ2) is 7.37. The van der Waals surface area contributed by atoms with Crippen LogP contribution < -0.4 is 10.9 Å². The summed E-state index contributed by atoms with van der Waals surface area (Å²) in [6.45, 7) is 1.43. The maximum Gasteiger partial charge on any atom is 0.305 e. The molecule has 0 bridgehead atoms. The number of hydrogen-bond donors (Lipinski definition) is 2. The molecule has 1 aromatic heterocycles. The number of pyridine rings is 1. The Balaban J connectivity index is 2.80. The van der Waals surface area contributed by atoms with Crippen LogP contribution >= 0.6 is 15.9 Å². The van der Waals surface area contributed by atoms with Crippen molar-refractivity contribution in [2.24, 2.45) is 0 Å². The molecule has 0 aromatic carbocycles. The summed E-state index contributed by atoms with van der Waals surface area (Å²) >= 11 is 3.22. The number of carbonyl (C=O) groups is 2. The van der Waals surface area contributed by atoms with Crippen LogP contribution in [0, 0.1) is 0 Å². The van der Waals surface area contributed by atoms with Crippen LogP contribution in [0.4, 0.5) is 0 Å². The first-order valence-corrected chi connectivity index (χ1v) is 6.93. The van der Waals surface area contributed by atoms with Crippen LogP contribution in [0.15, 0.2) is 27.6 Å². The van der Waals surface area contributed by atoms with Gasteiger partial charge in [0.05, 0.1) is 18.6 Å². The van der Waals surface area contributed by atoms with Gasteiger partial charge in [0, 0.05) is 23.8 Å². The first-order chi connectivity index (χ1) is 9.75. The van der Waals surface area contributed by atoms with E-state index in [1.807, 2.05) is 0 Å². The number of carbonyl (C=O) groups excluding carboxylic acids is 1. The van der Waals surface area contributed by atoms with Gasteiger partial charge in [-0.05, 0) is 28.9 Å². The summed E-state index contributed by atoms with van der Waals surface area (Å²) in [6.07, 6.45) is 1.22. The standard InChI is InChI=1S/C13H17BrN2O5/c1-13(8-21-2,5-12(19)20)15-10(17)7-16-6-9(14)3-4-11(16)18/h3-4,6H,5,7-8H2,1-2H3,(H,15,17)(H,19,20). The summed E-state index contributed by atoms with van der Waals surface area (Å²) in [5.74, 6) is -1.51. The summed E-state index contributed by atoms with van der Waals surface area (Å²) in [7, 11) is 1.42. The summed E-state index contributed by atoms with van der Waals surface area (Å²) in [6, 6.07) is 2.92. The van der Waals surface area contributed by atoms with Crippen molar-refractivity contribution in [2.45, 2.75) is 25.4 Å². The number of aliphatic carboxylic acids is 1. The largest absolute Gasteiger partial charge is 0.481 e. The lowest BCUT2D eigenvalue weighted by molar-refractivity contribution is -0.139. The van der Waals surface area contributed by atoms with Crippen LogP contribution in [-0.4, -0.2) is 40.8 Å². The van der Waals surface area contributed by atoms with Gasteiger partial charge in [-0.1, -0.05) is 0 Å². The van der Waals surface area contributed by atoms with Crippen LogP contribution in [-0.2, 0) is 20.9 Å². The lowest BCUT2D eigenvalue weighted by atomic mass is 9.99. The van der Waals surface area contributed by atoms with Crippen LogP contribution in [0.1, 0.15) is 13.3 Å². The molecule has 2 N–H and O–H groups in total. The Hall–Kier alpha value is -1.67. The zero-order chi connectivity index (χ0) is 16.0. The molecule has 21 heavy (non-hydrogen) atoms. The van der Waals surface area contributed by atoms with Gasteiger partial charge in [-0.3, -0.25) is 14.4 Å². The molecule has 1 amide bonds. The highest BCUT2D eigenvalue weighted by Crippen LogP contribution is 2.11. The second-order valence-corrected chi connectivity index (χ2v) is 5.84. The van der Waals surface area contributed by atoms with Crippen LogP contribution in [0.25, 0.3) is 0 Å². The van der Waals surface area contributed by atoms with Gasteiger partial charge in [0.15, 0.2) is 0 Å². The SMILES string of the molecule is COCC(C)(CC(=O)O)NC(=O)Cn1cc(Br)ccc1=O. The van der Waals surface area contributed by atoms with Crippen molar-refractivity contribution in [1.29, 1.82) is 0 Å². The van der Waals surface area contributed by atoms with Crippen molar-refractivity contribution >= 4 is 27.8 Å². The molecule has 0 saturated carbocycles. The average Bonchev–Trinajstić information content (AvgIpc) is 2.32. The third kappa shape index (κ3) is 5.68. The molecule has 1 heterocycles. The Morgan fingerprint density at radius 1 is 1.48 bits per heavy atom. The van der Waals surface area contributed by atoms with Crippen molar-refractivity contribution in [3.05, 3.63) is 33.2 Å². The fraction of sp³-hybridized carbons (Fsp3) is 0.462. The molecule has 0 aliphatic carbocycles. The lowest BCUT2D eigenvalue weighted by Crippen LogP contribution is -2.52. The van der Waals surface area contributed by atoms with Crippen LogP contribution in [0.3, 0.4) is 0 Å². The van der Waals surface area contributed by atoms with Gasteiger partial charge in [0.2, 0.25) is 5.91 Å². The highest BCUT2D eigenvalue weighted by Gasteiger charge is 2.29. The number of rotatable bonds is 7. The predicted octanol–water partition coefficient (Wildman–Crippen LogP) is 0.607. The Bertz CT molecular complexity index is 586. The molecule has 0 aliphatic heterocycles. The van der Waals surface area contributed by atoms with Gasteiger partial charge < -0.3 is 19.7 Å². The van der Waals surface area contributed by atoms with E-state index in [2.05, 4.69) is 21.2 Å². The Labute approximate surface area is 130 Å². The van der Waals surface area contributed by atoms with E-state index in [4.69, 9.17) is 9.84 Å². The summed E-state index contributed by atoms with van der Waals surface area (Å²) in [5.41, 5.74) is -1.35. The first-order valence-electron chi connectivity index (χ1n) is 6.13. The molecule has 1 rings (SSSR count).